The van der Waals surface area contributed by atoms with Gasteiger partial charge in [0.05, 0.1) is 13.2 Å². The number of fused-ring (bicyclic) bond motifs is 1. The van der Waals surface area contributed by atoms with Gasteiger partial charge in [-0.3, -0.25) is 4.79 Å². The number of ether oxygens (including phenoxy) is 1. The van der Waals surface area contributed by atoms with Gasteiger partial charge in [0.15, 0.2) is 0 Å². The van der Waals surface area contributed by atoms with Crippen molar-refractivity contribution in [3.63, 3.8) is 0 Å². The third-order valence-corrected chi connectivity index (χ3v) is 7.39. The molecule has 2 aromatic heterocycles. The van der Waals surface area contributed by atoms with E-state index in [1.165, 1.54) is 16.9 Å². The Hall–Kier alpha value is -3.64. The average molecular weight is 470 g/mol. The van der Waals surface area contributed by atoms with Gasteiger partial charge in [-0.05, 0) is 73.2 Å². The van der Waals surface area contributed by atoms with E-state index in [2.05, 4.69) is 27.8 Å². The van der Waals surface area contributed by atoms with Crippen LogP contribution in [0.2, 0.25) is 0 Å². The van der Waals surface area contributed by atoms with Crippen molar-refractivity contribution in [1.82, 2.24) is 4.98 Å². The third kappa shape index (κ3) is 4.68. The van der Waals surface area contributed by atoms with E-state index in [0.29, 0.717) is 5.56 Å². The SMILES string of the molecule is COc1ccc(C(Nc2ccccn2)c2c(NC(=O)c3ccccc3)sc3c2CCCC3)cc1. The molecule has 0 fully saturated rings. The van der Waals surface area contributed by atoms with E-state index in [9.17, 15) is 4.79 Å². The molecule has 34 heavy (non-hydrogen) atoms. The van der Waals surface area contributed by atoms with Crippen LogP contribution in [0.5, 0.6) is 5.75 Å². The van der Waals surface area contributed by atoms with Crippen LogP contribution in [0, 0.1) is 0 Å². The lowest BCUT2D eigenvalue weighted by molar-refractivity contribution is 0.102. The Morgan fingerprint density at radius 1 is 0.971 bits per heavy atom. The maximum Gasteiger partial charge on any atom is 0.256 e. The van der Waals surface area contributed by atoms with Gasteiger partial charge < -0.3 is 15.4 Å². The van der Waals surface area contributed by atoms with Crippen molar-refractivity contribution in [2.24, 2.45) is 0 Å². The highest BCUT2D eigenvalue weighted by atomic mass is 32.1. The van der Waals surface area contributed by atoms with E-state index in [-0.39, 0.29) is 11.9 Å². The number of aromatic nitrogens is 1. The molecule has 1 aliphatic carbocycles. The number of carbonyl (C=O) groups is 1. The fraction of sp³-hybridized carbons (Fsp3) is 0.214. The molecule has 0 bridgehead atoms. The molecule has 1 amide bonds. The summed E-state index contributed by atoms with van der Waals surface area (Å²) in [7, 11) is 1.67. The van der Waals surface area contributed by atoms with Crippen LogP contribution < -0.4 is 15.4 Å². The smallest absolute Gasteiger partial charge is 0.256 e. The summed E-state index contributed by atoms with van der Waals surface area (Å²) >= 11 is 1.71. The Bertz CT molecular complexity index is 1250. The minimum Gasteiger partial charge on any atom is -0.497 e. The van der Waals surface area contributed by atoms with Crippen LogP contribution in [-0.2, 0) is 12.8 Å². The number of carbonyl (C=O) groups excluding carboxylic acids is 1. The lowest BCUT2D eigenvalue weighted by Crippen LogP contribution is -2.19. The molecule has 2 heterocycles. The zero-order valence-corrected chi connectivity index (χ0v) is 19.9. The van der Waals surface area contributed by atoms with Crippen LogP contribution in [0.1, 0.15) is 50.8 Å². The molecular formula is C28H27N3O2S. The van der Waals surface area contributed by atoms with E-state index in [0.717, 1.165) is 47.0 Å². The molecule has 6 heteroatoms. The molecule has 0 spiro atoms. The largest absolute Gasteiger partial charge is 0.497 e. The topological polar surface area (TPSA) is 63.2 Å². The average Bonchev–Trinajstić information content (AvgIpc) is 3.26. The van der Waals surface area contributed by atoms with Crippen LogP contribution in [0.3, 0.4) is 0 Å². The molecule has 5 rings (SSSR count). The number of anilines is 2. The van der Waals surface area contributed by atoms with Gasteiger partial charge in [-0.15, -0.1) is 11.3 Å². The van der Waals surface area contributed by atoms with Gasteiger partial charge in [-0.25, -0.2) is 4.98 Å². The van der Waals surface area contributed by atoms with Crippen LogP contribution in [-0.4, -0.2) is 18.0 Å². The van der Waals surface area contributed by atoms with Crippen molar-refractivity contribution in [2.45, 2.75) is 31.7 Å². The quantitative estimate of drug-likeness (QED) is 0.325. The highest BCUT2D eigenvalue weighted by Gasteiger charge is 2.29. The van der Waals surface area contributed by atoms with Gasteiger partial charge in [0.25, 0.3) is 5.91 Å². The molecule has 172 valence electrons. The zero-order valence-electron chi connectivity index (χ0n) is 19.1. The van der Waals surface area contributed by atoms with E-state index in [1.807, 2.05) is 60.7 Å². The first-order valence-corrected chi connectivity index (χ1v) is 12.4. The van der Waals surface area contributed by atoms with Crippen molar-refractivity contribution in [2.75, 3.05) is 17.7 Å². The summed E-state index contributed by atoms with van der Waals surface area (Å²) in [5.41, 5.74) is 4.23. The summed E-state index contributed by atoms with van der Waals surface area (Å²) < 4.78 is 5.39. The third-order valence-electron chi connectivity index (χ3n) is 6.17. The Morgan fingerprint density at radius 2 is 1.74 bits per heavy atom. The molecule has 1 atom stereocenters. The van der Waals surface area contributed by atoms with Crippen LogP contribution in [0.25, 0.3) is 0 Å². The van der Waals surface area contributed by atoms with E-state index in [1.54, 1.807) is 24.6 Å². The predicted molar refractivity (Wildman–Crippen MR) is 138 cm³/mol. The van der Waals surface area contributed by atoms with Gasteiger partial charge in [0.1, 0.15) is 16.6 Å². The second kappa shape index (κ2) is 10.1. The fourth-order valence-electron chi connectivity index (χ4n) is 4.47. The first-order chi connectivity index (χ1) is 16.7. The number of amides is 1. The summed E-state index contributed by atoms with van der Waals surface area (Å²) in [6, 6.07) is 23.2. The Kier molecular flexibility index (Phi) is 6.58. The van der Waals surface area contributed by atoms with E-state index < -0.39 is 0 Å². The number of nitrogens with zero attached hydrogens (tertiary/aromatic N) is 1. The minimum absolute atomic E-state index is 0.0910. The number of benzene rings is 2. The number of hydrogen-bond donors (Lipinski definition) is 2. The summed E-state index contributed by atoms with van der Waals surface area (Å²) in [5.74, 6) is 1.51. The van der Waals surface area contributed by atoms with Gasteiger partial charge in [0, 0.05) is 22.2 Å². The first-order valence-electron chi connectivity index (χ1n) is 11.6. The fourth-order valence-corrected chi connectivity index (χ4v) is 5.79. The molecule has 2 aromatic carbocycles. The molecule has 1 unspecified atom stereocenters. The summed E-state index contributed by atoms with van der Waals surface area (Å²) in [6.07, 6.45) is 6.18. The van der Waals surface area contributed by atoms with Crippen molar-refractivity contribution < 1.29 is 9.53 Å². The highest BCUT2D eigenvalue weighted by molar-refractivity contribution is 7.16. The Balaban J connectivity index is 1.60. The van der Waals surface area contributed by atoms with Gasteiger partial charge in [-0.1, -0.05) is 36.4 Å². The summed E-state index contributed by atoms with van der Waals surface area (Å²) in [6.45, 7) is 0. The lowest BCUT2D eigenvalue weighted by Gasteiger charge is -2.24. The van der Waals surface area contributed by atoms with Crippen LogP contribution >= 0.6 is 11.3 Å². The lowest BCUT2D eigenvalue weighted by atomic mass is 9.89. The zero-order chi connectivity index (χ0) is 23.3. The van der Waals surface area contributed by atoms with Crippen LogP contribution in [0.4, 0.5) is 10.8 Å². The Labute approximate surface area is 203 Å². The van der Waals surface area contributed by atoms with Gasteiger partial charge in [-0.2, -0.15) is 0 Å². The van der Waals surface area contributed by atoms with Crippen LogP contribution in [0.15, 0.2) is 79.0 Å². The highest BCUT2D eigenvalue weighted by Crippen LogP contribution is 2.44. The maximum absolute atomic E-state index is 13.1. The molecule has 0 saturated heterocycles. The first kappa shape index (κ1) is 22.2. The van der Waals surface area contributed by atoms with Crippen molar-refractivity contribution in [3.05, 3.63) is 106 Å². The molecular weight excluding hydrogens is 442 g/mol. The van der Waals surface area contributed by atoms with Crippen molar-refractivity contribution in [3.8, 4) is 5.75 Å². The molecule has 0 saturated carbocycles. The van der Waals surface area contributed by atoms with E-state index in [4.69, 9.17) is 4.74 Å². The van der Waals surface area contributed by atoms with Crippen molar-refractivity contribution in [1.29, 1.82) is 0 Å². The standard InChI is InChI=1S/C28H27N3O2S/c1-33-21-16-14-19(15-17-21)26(30-24-13-7-8-18-29-24)25-22-11-5-6-12-23(22)34-28(25)31-27(32)20-9-3-2-4-10-20/h2-4,7-10,13-18,26H,5-6,11-12H2,1H3,(H,29,30)(H,31,32). The summed E-state index contributed by atoms with van der Waals surface area (Å²) in [5, 5.41) is 7.79. The second-order valence-electron chi connectivity index (χ2n) is 8.34. The number of pyridine rings is 1. The molecule has 0 radical (unpaired) electrons. The predicted octanol–water partition coefficient (Wildman–Crippen LogP) is 6.48. The number of rotatable bonds is 7. The Morgan fingerprint density at radius 3 is 2.47 bits per heavy atom. The molecule has 0 aliphatic heterocycles. The number of nitrogens with one attached hydrogen (secondary N) is 2. The molecule has 5 nitrogen and oxygen atoms in total. The van der Waals surface area contributed by atoms with Crippen molar-refractivity contribution >= 4 is 28.1 Å². The maximum atomic E-state index is 13.1. The monoisotopic (exact) mass is 469 g/mol. The molecule has 2 N–H and O–H groups in total. The number of thiophene rings is 1. The summed E-state index contributed by atoms with van der Waals surface area (Å²) in [4.78, 5) is 19.0. The molecule has 4 aromatic rings. The number of hydrogen-bond acceptors (Lipinski definition) is 5. The van der Waals surface area contributed by atoms with Gasteiger partial charge >= 0.3 is 0 Å². The van der Waals surface area contributed by atoms with E-state index >= 15 is 0 Å². The normalized spacial score (nSPS) is 13.6. The number of aryl methyl sites for hydroxylation is 1. The molecule has 1 aliphatic rings. The van der Waals surface area contributed by atoms with Gasteiger partial charge in [0.2, 0.25) is 0 Å². The minimum atomic E-state index is -0.162. The second-order valence-corrected chi connectivity index (χ2v) is 9.44. The number of methoxy groups -OCH3 is 1.